The number of benzene rings is 2. The van der Waals surface area contributed by atoms with E-state index in [1.807, 2.05) is 0 Å². The molecule has 1 heterocycles. The number of carbonyl (C=O) groups is 3. The van der Waals surface area contributed by atoms with Crippen LogP contribution in [0.15, 0.2) is 58.3 Å². The monoisotopic (exact) mass is 476 g/mol. The molecule has 0 bridgehead atoms. The zero-order valence-electron chi connectivity index (χ0n) is 17.4. The maximum Gasteiger partial charge on any atom is 0.293 e. The second kappa shape index (κ2) is 9.66. The third-order valence-corrected chi connectivity index (χ3v) is 7.86. The van der Waals surface area contributed by atoms with E-state index in [2.05, 4.69) is 5.32 Å². The fraction of sp³-hybridized carbons (Fsp3) is 0.227. The Kier molecular flexibility index (Phi) is 7.15. The van der Waals surface area contributed by atoms with Crippen molar-refractivity contribution in [3.05, 3.63) is 70.4 Å². The summed E-state index contributed by atoms with van der Waals surface area (Å²) in [5.41, 5.74) is 0.184. The van der Waals surface area contributed by atoms with Gasteiger partial charge in [0.05, 0.1) is 20.6 Å². The molecular weight excluding hydrogens is 455 g/mol. The largest absolute Gasteiger partial charge is 0.350 e. The van der Waals surface area contributed by atoms with Gasteiger partial charge in [0.15, 0.2) is 9.84 Å². The van der Waals surface area contributed by atoms with Crippen molar-refractivity contribution in [1.82, 2.24) is 10.2 Å². The molecule has 0 spiro atoms. The summed E-state index contributed by atoms with van der Waals surface area (Å²) in [4.78, 5) is 38.3. The van der Waals surface area contributed by atoms with Gasteiger partial charge in [-0.15, -0.1) is 0 Å². The van der Waals surface area contributed by atoms with Gasteiger partial charge in [0, 0.05) is 18.7 Å². The van der Waals surface area contributed by atoms with Crippen molar-refractivity contribution in [3.63, 3.8) is 0 Å². The van der Waals surface area contributed by atoms with E-state index in [0.29, 0.717) is 11.8 Å². The Morgan fingerprint density at radius 1 is 1.12 bits per heavy atom. The predicted molar refractivity (Wildman–Crippen MR) is 120 cm³/mol. The number of halogens is 1. The van der Waals surface area contributed by atoms with Crippen LogP contribution in [0.3, 0.4) is 0 Å². The quantitative estimate of drug-likeness (QED) is 0.614. The van der Waals surface area contributed by atoms with Crippen molar-refractivity contribution < 1.29 is 27.2 Å². The summed E-state index contributed by atoms with van der Waals surface area (Å²) in [7, 11) is -3.67. The first-order valence-electron chi connectivity index (χ1n) is 9.74. The van der Waals surface area contributed by atoms with E-state index in [1.165, 1.54) is 56.3 Å². The molecule has 1 fully saturated rings. The summed E-state index contributed by atoms with van der Waals surface area (Å²) in [6, 6.07) is 11.7. The van der Waals surface area contributed by atoms with Crippen LogP contribution in [0.4, 0.5) is 9.18 Å². The zero-order chi connectivity index (χ0) is 23.5. The molecule has 0 aromatic heterocycles. The van der Waals surface area contributed by atoms with Gasteiger partial charge in [0.2, 0.25) is 0 Å². The lowest BCUT2D eigenvalue weighted by atomic mass is 10.2. The van der Waals surface area contributed by atoms with Crippen LogP contribution in [-0.2, 0) is 14.6 Å². The van der Waals surface area contributed by atoms with E-state index >= 15 is 0 Å². The number of thioether (sulfide) groups is 1. The molecule has 0 aliphatic carbocycles. The molecule has 1 N–H and O–H groups in total. The van der Waals surface area contributed by atoms with Crippen molar-refractivity contribution in [3.8, 4) is 0 Å². The lowest BCUT2D eigenvalue weighted by Gasteiger charge is -2.15. The molecule has 1 aliphatic heterocycles. The summed E-state index contributed by atoms with van der Waals surface area (Å²) in [6.45, 7) is 2.88. The number of rotatable bonds is 7. The van der Waals surface area contributed by atoms with E-state index in [4.69, 9.17) is 0 Å². The molecule has 10 heteroatoms. The predicted octanol–water partition coefficient (Wildman–Crippen LogP) is 3.47. The minimum absolute atomic E-state index is 0.00483. The maximum absolute atomic E-state index is 13.8. The summed E-state index contributed by atoms with van der Waals surface area (Å²) in [5.74, 6) is -1.72. The topological polar surface area (TPSA) is 101 Å². The van der Waals surface area contributed by atoms with Crippen LogP contribution < -0.4 is 5.32 Å². The molecule has 7 nitrogen and oxygen atoms in total. The van der Waals surface area contributed by atoms with Gasteiger partial charge in [0.1, 0.15) is 5.82 Å². The molecule has 0 atom stereocenters. The Labute approximate surface area is 189 Å². The van der Waals surface area contributed by atoms with Crippen molar-refractivity contribution in [2.75, 3.05) is 13.1 Å². The third-order valence-electron chi connectivity index (χ3n) is 4.75. The van der Waals surface area contributed by atoms with E-state index in [1.54, 1.807) is 12.1 Å². The number of hydrogen-bond donors (Lipinski definition) is 1. The van der Waals surface area contributed by atoms with Crippen LogP contribution in [0.25, 0.3) is 6.08 Å². The molecule has 0 radical (unpaired) electrons. The van der Waals surface area contributed by atoms with Gasteiger partial charge in [-0.05, 0) is 49.9 Å². The average molecular weight is 477 g/mol. The normalized spacial score (nSPS) is 15.6. The van der Waals surface area contributed by atoms with E-state index in [0.717, 1.165) is 4.90 Å². The molecule has 32 heavy (non-hydrogen) atoms. The number of carbonyl (C=O) groups excluding carboxylic acids is 3. The standard InChI is InChI=1S/C22H21FN2O5S2/c1-14(2)32(29,30)19-10-6-4-8-16(19)20(26)24-11-12-25-21(27)18(31-22(25)28)13-15-7-3-5-9-17(15)23/h3-10,13-14H,11-12H2,1-2H3,(H,24,26)/b18-13-. The highest BCUT2D eigenvalue weighted by Gasteiger charge is 2.35. The van der Waals surface area contributed by atoms with Crippen molar-refractivity contribution in [2.45, 2.75) is 24.0 Å². The first kappa shape index (κ1) is 23.7. The molecule has 0 saturated carbocycles. The van der Waals surface area contributed by atoms with Gasteiger partial charge >= 0.3 is 0 Å². The van der Waals surface area contributed by atoms with E-state index in [-0.39, 0.29) is 34.0 Å². The summed E-state index contributed by atoms with van der Waals surface area (Å²) in [6.07, 6.45) is 1.31. The SMILES string of the molecule is CC(C)S(=O)(=O)c1ccccc1C(=O)NCCN1C(=O)S/C(=C\c2ccccc2F)C1=O. The fourth-order valence-corrected chi connectivity index (χ4v) is 5.06. The molecule has 1 saturated heterocycles. The highest BCUT2D eigenvalue weighted by molar-refractivity contribution is 8.18. The molecule has 3 rings (SSSR count). The lowest BCUT2D eigenvalue weighted by molar-refractivity contribution is -0.122. The second-order valence-electron chi connectivity index (χ2n) is 7.20. The highest BCUT2D eigenvalue weighted by atomic mass is 32.2. The van der Waals surface area contributed by atoms with Crippen LogP contribution in [0.5, 0.6) is 0 Å². The van der Waals surface area contributed by atoms with Gasteiger partial charge in [-0.2, -0.15) is 0 Å². The number of hydrogen-bond acceptors (Lipinski definition) is 6. The molecule has 3 amide bonds. The van der Waals surface area contributed by atoms with Crippen LogP contribution in [0, 0.1) is 5.82 Å². The van der Waals surface area contributed by atoms with Gasteiger partial charge in [-0.1, -0.05) is 30.3 Å². The molecule has 2 aromatic rings. The number of amides is 3. The number of nitrogens with zero attached hydrogens (tertiary/aromatic N) is 1. The molecule has 168 valence electrons. The Morgan fingerprint density at radius 3 is 2.47 bits per heavy atom. The molecule has 2 aromatic carbocycles. The van der Waals surface area contributed by atoms with Gasteiger partial charge in [0.25, 0.3) is 17.1 Å². The Morgan fingerprint density at radius 2 is 1.78 bits per heavy atom. The minimum Gasteiger partial charge on any atom is -0.350 e. The van der Waals surface area contributed by atoms with E-state index in [9.17, 15) is 27.2 Å². The minimum atomic E-state index is -3.67. The Hall–Kier alpha value is -2.98. The van der Waals surface area contributed by atoms with Gasteiger partial charge in [-0.25, -0.2) is 12.8 Å². The van der Waals surface area contributed by atoms with Crippen LogP contribution in [-0.4, -0.2) is 48.7 Å². The molecule has 1 aliphatic rings. The highest BCUT2D eigenvalue weighted by Crippen LogP contribution is 2.32. The Bertz CT molecular complexity index is 1210. The number of sulfone groups is 1. The first-order valence-corrected chi connectivity index (χ1v) is 12.1. The molecular formula is C22H21FN2O5S2. The number of imide groups is 1. The third kappa shape index (κ3) is 4.91. The van der Waals surface area contributed by atoms with Gasteiger partial charge < -0.3 is 5.32 Å². The summed E-state index contributed by atoms with van der Waals surface area (Å²) < 4.78 is 38.9. The average Bonchev–Trinajstić information content (AvgIpc) is 3.02. The van der Waals surface area contributed by atoms with Crippen molar-refractivity contribution >= 4 is 44.7 Å². The van der Waals surface area contributed by atoms with Crippen molar-refractivity contribution in [2.24, 2.45) is 0 Å². The zero-order valence-corrected chi connectivity index (χ0v) is 19.0. The van der Waals surface area contributed by atoms with E-state index < -0.39 is 38.0 Å². The van der Waals surface area contributed by atoms with Crippen LogP contribution in [0.1, 0.15) is 29.8 Å². The number of nitrogens with one attached hydrogen (secondary N) is 1. The van der Waals surface area contributed by atoms with Crippen LogP contribution >= 0.6 is 11.8 Å². The first-order chi connectivity index (χ1) is 15.1. The second-order valence-corrected chi connectivity index (χ2v) is 10.7. The lowest BCUT2D eigenvalue weighted by Crippen LogP contribution is -2.37. The summed E-state index contributed by atoms with van der Waals surface area (Å²) in [5, 5.41) is 1.32. The maximum atomic E-state index is 13.8. The Balaban J connectivity index is 1.68. The summed E-state index contributed by atoms with van der Waals surface area (Å²) >= 11 is 0.689. The van der Waals surface area contributed by atoms with Gasteiger partial charge in [-0.3, -0.25) is 19.3 Å². The smallest absolute Gasteiger partial charge is 0.293 e. The van der Waals surface area contributed by atoms with Crippen LogP contribution in [0.2, 0.25) is 0 Å². The van der Waals surface area contributed by atoms with Crippen molar-refractivity contribution in [1.29, 1.82) is 0 Å². The molecule has 0 unspecified atom stereocenters. The fourth-order valence-electron chi connectivity index (χ4n) is 2.96.